The quantitative estimate of drug-likeness (QED) is 0.766. The van der Waals surface area contributed by atoms with Crippen LogP contribution in [-0.2, 0) is 29.6 Å². The van der Waals surface area contributed by atoms with Crippen molar-refractivity contribution in [1.82, 2.24) is 15.1 Å². The van der Waals surface area contributed by atoms with Crippen molar-refractivity contribution in [1.29, 1.82) is 0 Å². The highest BCUT2D eigenvalue weighted by atomic mass is 16.2. The van der Waals surface area contributed by atoms with Gasteiger partial charge < -0.3 is 5.32 Å². The summed E-state index contributed by atoms with van der Waals surface area (Å²) < 4.78 is 1.54. The molecule has 30 heavy (non-hydrogen) atoms. The molecule has 2 aliphatic carbocycles. The second kappa shape index (κ2) is 8.75. The van der Waals surface area contributed by atoms with E-state index in [1.807, 2.05) is 6.92 Å². The van der Waals surface area contributed by atoms with Crippen LogP contribution in [0.15, 0.2) is 35.1 Å². The van der Waals surface area contributed by atoms with Gasteiger partial charge in [-0.3, -0.25) is 9.59 Å². The molecule has 1 heterocycles. The zero-order chi connectivity index (χ0) is 21.1. The summed E-state index contributed by atoms with van der Waals surface area (Å²) in [6, 6.07) is 9.98. The van der Waals surface area contributed by atoms with E-state index in [0.29, 0.717) is 6.54 Å². The third-order valence-electron chi connectivity index (χ3n) is 6.84. The maximum atomic E-state index is 13.4. The molecule has 1 aromatic carbocycles. The van der Waals surface area contributed by atoms with Gasteiger partial charge in [0.05, 0.1) is 17.7 Å². The summed E-state index contributed by atoms with van der Waals surface area (Å²) >= 11 is 0. The maximum Gasteiger partial charge on any atom is 0.267 e. The van der Waals surface area contributed by atoms with Crippen LogP contribution in [0.2, 0.25) is 0 Å². The standard InChI is InChI=1S/C25H33N3O2/c1-18-10-12-21(13-11-18)25(14-6-7-15-25)24(30)26-19(2)17-28-23(29)16-20-8-4-3-5-9-22(20)27-28/h10-13,16,19H,3-9,14-15,17H2,1-2H3,(H,26,30)/t19-/m1/s1. The molecule has 1 amide bonds. The van der Waals surface area contributed by atoms with Gasteiger partial charge in [-0.1, -0.05) is 49.1 Å². The molecule has 2 aliphatic rings. The topological polar surface area (TPSA) is 64.0 Å². The van der Waals surface area contributed by atoms with E-state index in [0.717, 1.165) is 68.2 Å². The van der Waals surface area contributed by atoms with Crippen molar-refractivity contribution in [3.05, 3.63) is 63.1 Å². The average molecular weight is 408 g/mol. The third kappa shape index (κ3) is 4.21. The number of nitrogens with zero attached hydrogens (tertiary/aromatic N) is 2. The average Bonchev–Trinajstić information content (AvgIpc) is 3.12. The number of fused-ring (bicyclic) bond motifs is 1. The minimum Gasteiger partial charge on any atom is -0.351 e. The summed E-state index contributed by atoms with van der Waals surface area (Å²) in [6.45, 7) is 4.44. The first-order chi connectivity index (χ1) is 14.5. The van der Waals surface area contributed by atoms with Gasteiger partial charge in [0.1, 0.15) is 0 Å². The zero-order valence-corrected chi connectivity index (χ0v) is 18.2. The first-order valence-electron chi connectivity index (χ1n) is 11.5. The second-order valence-electron chi connectivity index (χ2n) is 9.23. The zero-order valence-electron chi connectivity index (χ0n) is 18.2. The highest BCUT2D eigenvalue weighted by molar-refractivity contribution is 5.88. The number of aromatic nitrogens is 2. The summed E-state index contributed by atoms with van der Waals surface area (Å²) in [5.74, 6) is 0.0826. The lowest BCUT2D eigenvalue weighted by molar-refractivity contribution is -0.127. The number of carbonyl (C=O) groups excluding carboxylic acids is 1. The molecule has 0 radical (unpaired) electrons. The van der Waals surface area contributed by atoms with E-state index in [4.69, 9.17) is 0 Å². The first kappa shape index (κ1) is 20.8. The highest BCUT2D eigenvalue weighted by Crippen LogP contribution is 2.41. The van der Waals surface area contributed by atoms with E-state index in [1.54, 1.807) is 10.7 Å². The molecule has 1 N–H and O–H groups in total. The van der Waals surface area contributed by atoms with Gasteiger partial charge in [0.15, 0.2) is 0 Å². The smallest absolute Gasteiger partial charge is 0.267 e. The van der Waals surface area contributed by atoms with E-state index in [9.17, 15) is 9.59 Å². The lowest BCUT2D eigenvalue weighted by Gasteiger charge is -2.30. The number of nitrogens with one attached hydrogen (secondary N) is 1. The lowest BCUT2D eigenvalue weighted by atomic mass is 9.77. The first-order valence-corrected chi connectivity index (χ1v) is 11.5. The molecule has 1 atom stereocenters. The molecule has 0 unspecified atom stereocenters. The van der Waals surface area contributed by atoms with Crippen LogP contribution in [0.3, 0.4) is 0 Å². The Morgan fingerprint density at radius 1 is 1.10 bits per heavy atom. The van der Waals surface area contributed by atoms with Crippen LogP contribution in [0, 0.1) is 6.92 Å². The number of rotatable bonds is 5. The van der Waals surface area contributed by atoms with Gasteiger partial charge in [-0.25, -0.2) is 4.68 Å². The number of amides is 1. The molecule has 0 spiro atoms. The van der Waals surface area contributed by atoms with Crippen molar-refractivity contribution in [3.8, 4) is 0 Å². The highest BCUT2D eigenvalue weighted by Gasteiger charge is 2.42. The summed E-state index contributed by atoms with van der Waals surface area (Å²) in [4.78, 5) is 26.0. The molecule has 4 rings (SSSR count). The van der Waals surface area contributed by atoms with Crippen molar-refractivity contribution in [2.24, 2.45) is 0 Å². The van der Waals surface area contributed by atoms with Gasteiger partial charge in [-0.2, -0.15) is 5.10 Å². The molecular weight excluding hydrogens is 374 g/mol. The number of aryl methyl sites for hydroxylation is 3. The van der Waals surface area contributed by atoms with Crippen LogP contribution in [0.5, 0.6) is 0 Å². The van der Waals surface area contributed by atoms with Gasteiger partial charge in [0, 0.05) is 12.1 Å². The Labute approximate surface area is 178 Å². The Bertz CT molecular complexity index is 955. The van der Waals surface area contributed by atoms with E-state index < -0.39 is 5.41 Å². The predicted molar refractivity (Wildman–Crippen MR) is 119 cm³/mol. The van der Waals surface area contributed by atoms with Crippen molar-refractivity contribution >= 4 is 5.91 Å². The molecule has 5 nitrogen and oxygen atoms in total. The van der Waals surface area contributed by atoms with E-state index in [1.165, 1.54) is 12.0 Å². The van der Waals surface area contributed by atoms with Gasteiger partial charge in [0.2, 0.25) is 5.91 Å². The van der Waals surface area contributed by atoms with Gasteiger partial charge in [0.25, 0.3) is 5.56 Å². The van der Waals surface area contributed by atoms with E-state index in [2.05, 4.69) is 41.6 Å². The van der Waals surface area contributed by atoms with Crippen molar-refractivity contribution in [3.63, 3.8) is 0 Å². The Morgan fingerprint density at radius 3 is 2.53 bits per heavy atom. The Morgan fingerprint density at radius 2 is 1.80 bits per heavy atom. The maximum absolute atomic E-state index is 13.4. The van der Waals surface area contributed by atoms with Gasteiger partial charge in [-0.05, 0) is 63.5 Å². The molecule has 5 heteroatoms. The van der Waals surface area contributed by atoms with Gasteiger partial charge >= 0.3 is 0 Å². The molecule has 1 aromatic heterocycles. The fraction of sp³-hybridized carbons (Fsp3) is 0.560. The Kier molecular flexibility index (Phi) is 6.07. The predicted octanol–water partition coefficient (Wildman–Crippen LogP) is 3.84. The normalized spacial score (nSPS) is 19.0. The van der Waals surface area contributed by atoms with Gasteiger partial charge in [-0.15, -0.1) is 0 Å². The lowest BCUT2D eigenvalue weighted by Crippen LogP contribution is -2.48. The number of hydrogen-bond donors (Lipinski definition) is 1. The Balaban J connectivity index is 1.50. The Hall–Kier alpha value is -2.43. The number of benzene rings is 1. The molecule has 0 aliphatic heterocycles. The molecule has 160 valence electrons. The van der Waals surface area contributed by atoms with Crippen LogP contribution < -0.4 is 10.9 Å². The van der Waals surface area contributed by atoms with Crippen LogP contribution in [-0.4, -0.2) is 21.7 Å². The molecule has 1 fully saturated rings. The summed E-state index contributed by atoms with van der Waals surface area (Å²) in [5.41, 5.74) is 3.96. The summed E-state index contributed by atoms with van der Waals surface area (Å²) in [5, 5.41) is 7.86. The molecule has 1 saturated carbocycles. The summed E-state index contributed by atoms with van der Waals surface area (Å²) in [7, 11) is 0. The molecule has 0 bridgehead atoms. The van der Waals surface area contributed by atoms with Crippen molar-refractivity contribution in [2.75, 3.05) is 0 Å². The fourth-order valence-corrected chi connectivity index (χ4v) is 5.07. The molecule has 2 aromatic rings. The molecule has 0 saturated heterocycles. The van der Waals surface area contributed by atoms with Crippen molar-refractivity contribution in [2.45, 2.75) is 89.6 Å². The fourth-order valence-electron chi connectivity index (χ4n) is 5.07. The minimum atomic E-state index is -0.450. The van der Waals surface area contributed by atoms with Crippen LogP contribution in [0.25, 0.3) is 0 Å². The van der Waals surface area contributed by atoms with Crippen LogP contribution in [0.1, 0.15) is 74.3 Å². The number of carbonyl (C=O) groups is 1. The van der Waals surface area contributed by atoms with E-state index in [-0.39, 0.29) is 17.5 Å². The van der Waals surface area contributed by atoms with Crippen LogP contribution in [0.4, 0.5) is 0 Å². The molecular formula is C25H33N3O2. The largest absolute Gasteiger partial charge is 0.351 e. The number of hydrogen-bond acceptors (Lipinski definition) is 3. The summed E-state index contributed by atoms with van der Waals surface area (Å²) in [6.07, 6.45) is 9.24. The monoisotopic (exact) mass is 407 g/mol. The SMILES string of the molecule is Cc1ccc(C2(C(=O)N[C@H](C)Cn3nc4c(cc3=O)CCCCC4)CCCC2)cc1. The van der Waals surface area contributed by atoms with Crippen LogP contribution >= 0.6 is 0 Å². The van der Waals surface area contributed by atoms with E-state index >= 15 is 0 Å². The second-order valence-corrected chi connectivity index (χ2v) is 9.23. The third-order valence-corrected chi connectivity index (χ3v) is 6.84. The van der Waals surface area contributed by atoms with Crippen molar-refractivity contribution < 1.29 is 4.79 Å². The minimum absolute atomic E-state index is 0.0640.